The molecule has 0 radical (unpaired) electrons. The predicted molar refractivity (Wildman–Crippen MR) is 131 cm³/mol. The van der Waals surface area contributed by atoms with Gasteiger partial charge in [0.05, 0.1) is 48.6 Å². The highest BCUT2D eigenvalue weighted by Crippen LogP contribution is 2.37. The molecule has 11 nitrogen and oxygen atoms in total. The Morgan fingerprint density at radius 2 is 2.00 bits per heavy atom. The number of para-hydroxylation sites is 1. The maximum absolute atomic E-state index is 12.6. The lowest BCUT2D eigenvalue weighted by atomic mass is 10.1. The summed E-state index contributed by atoms with van der Waals surface area (Å²) in [5.41, 5.74) is 2.40. The Hall–Kier alpha value is -4.72. The Kier molecular flexibility index (Phi) is 7.02. The summed E-state index contributed by atoms with van der Waals surface area (Å²) >= 11 is 0. The zero-order valence-corrected chi connectivity index (χ0v) is 19.7. The summed E-state index contributed by atoms with van der Waals surface area (Å²) in [7, 11) is 3.37. The van der Waals surface area contributed by atoms with E-state index in [1.54, 1.807) is 61.3 Å². The van der Waals surface area contributed by atoms with Gasteiger partial charge in [-0.15, -0.1) is 0 Å². The molecule has 0 saturated carbocycles. The Labute approximate surface area is 202 Å². The van der Waals surface area contributed by atoms with E-state index >= 15 is 0 Å². The highest BCUT2D eigenvalue weighted by Gasteiger charge is 2.18. The molecule has 3 aromatic heterocycles. The second-order valence-corrected chi connectivity index (χ2v) is 7.64. The molecule has 4 rings (SSSR count). The van der Waals surface area contributed by atoms with E-state index in [-0.39, 0.29) is 5.78 Å². The monoisotopic (exact) mass is 471 g/mol. The molecule has 0 saturated heterocycles. The average Bonchev–Trinajstić information content (AvgIpc) is 3.51. The van der Waals surface area contributed by atoms with Gasteiger partial charge in [0, 0.05) is 38.0 Å². The van der Waals surface area contributed by atoms with Gasteiger partial charge in [0.15, 0.2) is 23.2 Å². The van der Waals surface area contributed by atoms with Crippen LogP contribution >= 0.6 is 0 Å². The van der Waals surface area contributed by atoms with Crippen LogP contribution in [0.5, 0.6) is 5.75 Å². The number of methoxy groups -OCH3 is 1. The molecule has 1 aromatic carbocycles. The lowest BCUT2D eigenvalue weighted by Crippen LogP contribution is -2.07. The van der Waals surface area contributed by atoms with Crippen molar-refractivity contribution in [3.63, 3.8) is 0 Å². The normalized spacial score (nSPS) is 10.6. The summed E-state index contributed by atoms with van der Waals surface area (Å²) in [4.78, 5) is 21.4. The number of rotatable bonds is 10. The quantitative estimate of drug-likeness (QED) is 0.328. The number of pyridine rings is 1. The molecule has 178 valence electrons. The minimum Gasteiger partial charge on any atom is -0.494 e. The Bertz CT molecular complexity index is 1380. The molecule has 0 spiro atoms. The second kappa shape index (κ2) is 10.5. The lowest BCUT2D eigenvalue weighted by molar-refractivity contribution is 0.0988. The molecular weight excluding hydrogens is 446 g/mol. The zero-order valence-electron chi connectivity index (χ0n) is 19.7. The number of aryl methyl sites for hydroxylation is 2. The third-order valence-electron chi connectivity index (χ3n) is 5.20. The summed E-state index contributed by atoms with van der Waals surface area (Å²) in [5.74, 6) is 2.12. The molecule has 0 amide bonds. The number of nitrogens with zero attached hydrogens (tertiary/aromatic N) is 7. The summed E-state index contributed by atoms with van der Waals surface area (Å²) in [6, 6.07) is 11.2. The number of nitrogens with one attached hydrogen (secondary N) is 2. The van der Waals surface area contributed by atoms with Gasteiger partial charge < -0.3 is 15.4 Å². The lowest BCUT2D eigenvalue weighted by Gasteiger charge is -2.16. The smallest absolute Gasteiger partial charge is 0.184 e. The Balaban J connectivity index is 1.67. The van der Waals surface area contributed by atoms with Crippen LogP contribution in [0, 0.1) is 11.3 Å². The van der Waals surface area contributed by atoms with Crippen molar-refractivity contribution in [2.24, 2.45) is 7.05 Å². The zero-order chi connectivity index (χ0) is 24.8. The number of Topliss-reactive ketones (excluding diaryl/α,β-unsaturated/α-hetero) is 1. The number of anilines is 4. The number of ether oxygens (including phenoxy) is 1. The summed E-state index contributed by atoms with van der Waals surface area (Å²) < 4.78 is 9.00. The van der Waals surface area contributed by atoms with Gasteiger partial charge in [0.1, 0.15) is 12.1 Å². The maximum atomic E-state index is 12.6. The van der Waals surface area contributed by atoms with Crippen LogP contribution in [0.2, 0.25) is 0 Å². The first kappa shape index (κ1) is 23.4. The van der Waals surface area contributed by atoms with E-state index in [0.717, 1.165) is 5.56 Å². The first-order valence-corrected chi connectivity index (χ1v) is 11.0. The summed E-state index contributed by atoms with van der Waals surface area (Å²) in [5, 5.41) is 24.0. The van der Waals surface area contributed by atoms with Crippen molar-refractivity contribution in [3.05, 3.63) is 54.6 Å². The fourth-order valence-corrected chi connectivity index (χ4v) is 3.53. The van der Waals surface area contributed by atoms with Gasteiger partial charge in [-0.25, -0.2) is 9.97 Å². The van der Waals surface area contributed by atoms with Crippen molar-refractivity contribution in [3.8, 4) is 23.2 Å². The molecular formula is C24H25N9O2. The number of carbonyl (C=O) groups excluding carboxylic acids is 1. The SMILES string of the molecule is CCC(=O)c1cnc(Nc2ccn(CCC#N)n2)cc1Nc1cccc(-c2ncn(C)n2)c1OC. The van der Waals surface area contributed by atoms with E-state index in [4.69, 9.17) is 10.00 Å². The molecule has 2 N–H and O–H groups in total. The van der Waals surface area contributed by atoms with E-state index in [9.17, 15) is 4.79 Å². The van der Waals surface area contributed by atoms with Crippen molar-refractivity contribution in [2.45, 2.75) is 26.3 Å². The minimum atomic E-state index is -0.0474. The van der Waals surface area contributed by atoms with Crippen LogP contribution in [0.1, 0.15) is 30.1 Å². The Morgan fingerprint density at radius 1 is 1.14 bits per heavy atom. The standard InChI is InChI=1S/C24H25N9O2/c1-4-20(34)17-14-26-22(29-21-9-12-33(30-21)11-6-10-25)13-19(17)28-18-8-5-7-16(23(18)35-3)24-27-15-32(2)31-24/h5,7-9,12-15H,4,6,11H2,1-3H3,(H2,26,28,29,30). The van der Waals surface area contributed by atoms with Crippen molar-refractivity contribution >= 4 is 28.8 Å². The molecule has 11 heteroatoms. The first-order chi connectivity index (χ1) is 17.0. The van der Waals surface area contributed by atoms with Gasteiger partial charge in [-0.1, -0.05) is 13.0 Å². The molecule has 4 aromatic rings. The van der Waals surface area contributed by atoms with Crippen LogP contribution in [-0.2, 0) is 13.6 Å². The third-order valence-corrected chi connectivity index (χ3v) is 5.20. The minimum absolute atomic E-state index is 0.0474. The van der Waals surface area contributed by atoms with Crippen LogP contribution in [0.4, 0.5) is 23.0 Å². The van der Waals surface area contributed by atoms with Gasteiger partial charge in [0.25, 0.3) is 0 Å². The van der Waals surface area contributed by atoms with Crippen LogP contribution in [-0.4, -0.2) is 42.4 Å². The number of hydrogen-bond acceptors (Lipinski definition) is 9. The number of carbonyl (C=O) groups is 1. The molecule has 3 heterocycles. The van der Waals surface area contributed by atoms with Crippen LogP contribution in [0.25, 0.3) is 11.4 Å². The highest BCUT2D eigenvalue weighted by atomic mass is 16.5. The van der Waals surface area contributed by atoms with E-state index in [2.05, 4.69) is 36.9 Å². The third kappa shape index (κ3) is 5.27. The molecule has 0 atom stereocenters. The number of nitriles is 1. The van der Waals surface area contributed by atoms with E-state index < -0.39 is 0 Å². The van der Waals surface area contributed by atoms with Crippen LogP contribution < -0.4 is 15.4 Å². The van der Waals surface area contributed by atoms with Gasteiger partial charge in [-0.2, -0.15) is 15.5 Å². The molecule has 0 aliphatic carbocycles. The van der Waals surface area contributed by atoms with E-state index in [1.807, 2.05) is 18.2 Å². The van der Waals surface area contributed by atoms with Crippen LogP contribution in [0.3, 0.4) is 0 Å². The maximum Gasteiger partial charge on any atom is 0.184 e. The van der Waals surface area contributed by atoms with Crippen molar-refractivity contribution in [2.75, 3.05) is 17.7 Å². The topological polar surface area (TPSA) is 136 Å². The number of ketones is 1. The Morgan fingerprint density at radius 3 is 2.71 bits per heavy atom. The van der Waals surface area contributed by atoms with Crippen LogP contribution in [0.15, 0.2) is 49.1 Å². The average molecular weight is 472 g/mol. The van der Waals surface area contributed by atoms with Crippen molar-refractivity contribution in [1.82, 2.24) is 29.5 Å². The number of aromatic nitrogens is 6. The van der Waals surface area contributed by atoms with Gasteiger partial charge in [-0.05, 0) is 12.1 Å². The van der Waals surface area contributed by atoms with Crippen molar-refractivity contribution < 1.29 is 9.53 Å². The molecule has 0 fully saturated rings. The summed E-state index contributed by atoms with van der Waals surface area (Å²) in [6.07, 6.45) is 5.66. The van der Waals surface area contributed by atoms with Gasteiger partial charge >= 0.3 is 0 Å². The largest absolute Gasteiger partial charge is 0.494 e. The summed E-state index contributed by atoms with van der Waals surface area (Å²) in [6.45, 7) is 2.31. The van der Waals surface area contributed by atoms with E-state index in [1.165, 1.54) is 0 Å². The predicted octanol–water partition coefficient (Wildman–Crippen LogP) is 4.08. The molecule has 0 aliphatic heterocycles. The van der Waals surface area contributed by atoms with Crippen molar-refractivity contribution in [1.29, 1.82) is 5.26 Å². The molecule has 35 heavy (non-hydrogen) atoms. The van der Waals surface area contributed by atoms with E-state index in [0.29, 0.717) is 59.5 Å². The highest BCUT2D eigenvalue weighted by molar-refractivity contribution is 6.02. The molecule has 0 bridgehead atoms. The van der Waals surface area contributed by atoms with Gasteiger partial charge in [-0.3, -0.25) is 14.2 Å². The molecule has 0 aliphatic rings. The second-order valence-electron chi connectivity index (χ2n) is 7.64. The molecule has 0 unspecified atom stereocenters. The number of hydrogen-bond donors (Lipinski definition) is 2. The fraction of sp³-hybridized carbons (Fsp3) is 0.250. The fourth-order valence-electron chi connectivity index (χ4n) is 3.53. The van der Waals surface area contributed by atoms with Gasteiger partial charge in [0.2, 0.25) is 0 Å². The first-order valence-electron chi connectivity index (χ1n) is 11.0. The number of benzene rings is 1.